The molecule has 12 heteroatoms. The fourth-order valence-corrected chi connectivity index (χ4v) is 3.50. The van der Waals surface area contributed by atoms with E-state index in [1.165, 1.54) is 4.80 Å². The van der Waals surface area contributed by atoms with Gasteiger partial charge in [0.25, 0.3) is 5.91 Å². The number of aryl methyl sites for hydroxylation is 1. The monoisotopic (exact) mass is 397 g/mol. The SMILES string of the molecule is Cl.Cn1nnc(C2CN(C(=O)c3cn(C4CCC(N)CC4)nn3)CCO2)n1. The van der Waals surface area contributed by atoms with Crippen LogP contribution in [-0.2, 0) is 11.8 Å². The van der Waals surface area contributed by atoms with E-state index in [0.717, 1.165) is 25.7 Å². The van der Waals surface area contributed by atoms with E-state index in [4.69, 9.17) is 10.5 Å². The van der Waals surface area contributed by atoms with Gasteiger partial charge in [0.05, 0.1) is 32.4 Å². The third-order valence-electron chi connectivity index (χ3n) is 5.01. The van der Waals surface area contributed by atoms with Crippen molar-refractivity contribution in [3.8, 4) is 0 Å². The minimum atomic E-state index is -0.378. The first-order valence-corrected chi connectivity index (χ1v) is 8.92. The lowest BCUT2D eigenvalue weighted by Crippen LogP contribution is -2.42. The van der Waals surface area contributed by atoms with Gasteiger partial charge in [-0.1, -0.05) is 5.21 Å². The number of carbonyl (C=O) groups is 1. The van der Waals surface area contributed by atoms with Gasteiger partial charge in [-0.05, 0) is 30.9 Å². The average Bonchev–Trinajstić information content (AvgIpc) is 3.31. The van der Waals surface area contributed by atoms with E-state index < -0.39 is 0 Å². The van der Waals surface area contributed by atoms with Crippen molar-refractivity contribution in [3.05, 3.63) is 17.7 Å². The lowest BCUT2D eigenvalue weighted by atomic mass is 9.92. The minimum absolute atomic E-state index is 0. The Morgan fingerprint density at radius 2 is 2.00 bits per heavy atom. The predicted octanol–water partition coefficient (Wildman–Crippen LogP) is -0.120. The van der Waals surface area contributed by atoms with Crippen LogP contribution in [0.5, 0.6) is 0 Å². The molecule has 4 rings (SSSR count). The normalized spacial score (nSPS) is 25.9. The van der Waals surface area contributed by atoms with Crippen molar-refractivity contribution in [3.63, 3.8) is 0 Å². The van der Waals surface area contributed by atoms with Crippen molar-refractivity contribution >= 4 is 18.3 Å². The summed E-state index contributed by atoms with van der Waals surface area (Å²) in [6.45, 7) is 1.29. The van der Waals surface area contributed by atoms with Crippen LogP contribution in [0, 0.1) is 0 Å². The molecule has 1 atom stereocenters. The third kappa shape index (κ3) is 4.25. The van der Waals surface area contributed by atoms with Gasteiger partial charge in [0.15, 0.2) is 5.69 Å². The highest BCUT2D eigenvalue weighted by Gasteiger charge is 2.30. The topological polar surface area (TPSA) is 130 Å². The number of morpholine rings is 1. The Bertz CT molecular complexity index is 771. The number of amides is 1. The highest BCUT2D eigenvalue weighted by atomic mass is 35.5. The van der Waals surface area contributed by atoms with Crippen molar-refractivity contribution in [2.24, 2.45) is 12.8 Å². The molecule has 2 aromatic rings. The van der Waals surface area contributed by atoms with Crippen molar-refractivity contribution in [1.82, 2.24) is 40.1 Å². The maximum absolute atomic E-state index is 12.8. The highest BCUT2D eigenvalue weighted by Crippen LogP contribution is 2.27. The van der Waals surface area contributed by atoms with Crippen molar-refractivity contribution in [1.29, 1.82) is 0 Å². The molecule has 1 saturated carbocycles. The second-order valence-electron chi connectivity index (χ2n) is 6.90. The Balaban J connectivity index is 0.00000210. The second-order valence-corrected chi connectivity index (χ2v) is 6.90. The zero-order chi connectivity index (χ0) is 18.1. The van der Waals surface area contributed by atoms with Crippen LogP contribution in [0.2, 0.25) is 0 Å². The Kier molecular flexibility index (Phi) is 6.02. The minimum Gasteiger partial charge on any atom is -0.366 e. The van der Waals surface area contributed by atoms with Crippen LogP contribution in [0.1, 0.15) is 54.1 Å². The van der Waals surface area contributed by atoms with Gasteiger partial charge in [-0.15, -0.1) is 27.7 Å². The number of hydrogen-bond acceptors (Lipinski definition) is 8. The Morgan fingerprint density at radius 3 is 2.70 bits per heavy atom. The second kappa shape index (κ2) is 8.28. The summed E-state index contributed by atoms with van der Waals surface area (Å²) in [6, 6.07) is 0.543. The summed E-state index contributed by atoms with van der Waals surface area (Å²) < 4.78 is 7.49. The van der Waals surface area contributed by atoms with E-state index in [-0.39, 0.29) is 36.5 Å². The number of nitrogens with two attached hydrogens (primary N) is 1. The van der Waals surface area contributed by atoms with Crippen molar-refractivity contribution in [2.45, 2.75) is 43.9 Å². The van der Waals surface area contributed by atoms with E-state index in [0.29, 0.717) is 31.2 Å². The van der Waals surface area contributed by atoms with Gasteiger partial charge in [0.1, 0.15) is 6.10 Å². The summed E-state index contributed by atoms with van der Waals surface area (Å²) in [7, 11) is 1.69. The van der Waals surface area contributed by atoms with Crippen LogP contribution in [0.15, 0.2) is 6.20 Å². The molecule has 1 unspecified atom stereocenters. The number of nitrogens with zero attached hydrogens (tertiary/aromatic N) is 8. The van der Waals surface area contributed by atoms with Crippen LogP contribution in [0.25, 0.3) is 0 Å². The van der Waals surface area contributed by atoms with Gasteiger partial charge < -0.3 is 15.4 Å². The number of carbonyl (C=O) groups excluding carboxylic acids is 1. The fraction of sp³-hybridized carbons (Fsp3) is 0.733. The molecule has 0 bridgehead atoms. The molecule has 1 aliphatic carbocycles. The van der Waals surface area contributed by atoms with Gasteiger partial charge in [-0.2, -0.15) is 4.80 Å². The molecule has 2 aromatic heterocycles. The molecule has 2 fully saturated rings. The standard InChI is InChI=1S/C15H23N9O2.ClH/c1-22-19-14(18-20-22)13-9-23(6-7-26-13)15(25)12-8-24(21-17-12)11-4-2-10(16)3-5-11;/h8,10-11,13H,2-7,9,16H2,1H3;1H. The van der Waals surface area contributed by atoms with E-state index in [1.807, 2.05) is 0 Å². The Morgan fingerprint density at radius 1 is 1.22 bits per heavy atom. The molecule has 27 heavy (non-hydrogen) atoms. The largest absolute Gasteiger partial charge is 0.366 e. The molecule has 11 nitrogen and oxygen atoms in total. The zero-order valence-electron chi connectivity index (χ0n) is 15.1. The molecule has 0 aromatic carbocycles. The Labute approximate surface area is 162 Å². The van der Waals surface area contributed by atoms with Crippen LogP contribution in [0.4, 0.5) is 0 Å². The van der Waals surface area contributed by atoms with E-state index in [2.05, 4.69) is 25.7 Å². The predicted molar refractivity (Wildman–Crippen MR) is 96.1 cm³/mol. The highest BCUT2D eigenvalue weighted by molar-refractivity contribution is 5.92. The van der Waals surface area contributed by atoms with Gasteiger partial charge in [-0.3, -0.25) is 4.79 Å². The number of tetrazole rings is 1. The molecule has 148 valence electrons. The van der Waals surface area contributed by atoms with Crippen LogP contribution < -0.4 is 5.73 Å². The van der Waals surface area contributed by atoms with Gasteiger partial charge in [0, 0.05) is 12.6 Å². The Hall–Kier alpha value is -2.11. The summed E-state index contributed by atoms with van der Waals surface area (Å²) in [4.78, 5) is 15.9. The number of aromatic nitrogens is 7. The van der Waals surface area contributed by atoms with Gasteiger partial charge in [0.2, 0.25) is 5.82 Å². The van der Waals surface area contributed by atoms with Crippen LogP contribution >= 0.6 is 12.4 Å². The number of halogens is 1. The molecule has 0 spiro atoms. The number of hydrogen-bond donors (Lipinski definition) is 1. The number of ether oxygens (including phenoxy) is 1. The third-order valence-corrected chi connectivity index (χ3v) is 5.01. The molecule has 3 heterocycles. The van der Waals surface area contributed by atoms with E-state index in [1.54, 1.807) is 22.8 Å². The summed E-state index contributed by atoms with van der Waals surface area (Å²) in [6.07, 6.45) is 5.26. The first-order valence-electron chi connectivity index (χ1n) is 8.92. The van der Waals surface area contributed by atoms with E-state index in [9.17, 15) is 4.79 Å². The van der Waals surface area contributed by atoms with Gasteiger partial charge >= 0.3 is 0 Å². The zero-order valence-corrected chi connectivity index (χ0v) is 16.0. The molecule has 1 saturated heterocycles. The molecule has 2 aliphatic rings. The lowest BCUT2D eigenvalue weighted by Gasteiger charge is -2.30. The maximum Gasteiger partial charge on any atom is 0.276 e. The molecule has 1 aliphatic heterocycles. The summed E-state index contributed by atoms with van der Waals surface area (Å²) >= 11 is 0. The molecular weight excluding hydrogens is 374 g/mol. The molecule has 2 N–H and O–H groups in total. The lowest BCUT2D eigenvalue weighted by molar-refractivity contribution is -0.0271. The summed E-state index contributed by atoms with van der Waals surface area (Å²) in [5.74, 6) is 0.327. The molecule has 1 amide bonds. The first-order chi connectivity index (χ1) is 12.6. The van der Waals surface area contributed by atoms with Crippen LogP contribution in [0.3, 0.4) is 0 Å². The first kappa shape index (κ1) is 19.6. The fourth-order valence-electron chi connectivity index (χ4n) is 3.50. The molecule has 0 radical (unpaired) electrons. The van der Waals surface area contributed by atoms with Crippen molar-refractivity contribution < 1.29 is 9.53 Å². The van der Waals surface area contributed by atoms with Crippen LogP contribution in [-0.4, -0.2) is 71.7 Å². The van der Waals surface area contributed by atoms with E-state index >= 15 is 0 Å². The van der Waals surface area contributed by atoms with Crippen molar-refractivity contribution in [2.75, 3.05) is 19.7 Å². The number of rotatable bonds is 3. The average molecular weight is 398 g/mol. The smallest absolute Gasteiger partial charge is 0.276 e. The summed E-state index contributed by atoms with van der Waals surface area (Å²) in [5, 5.41) is 20.2. The van der Waals surface area contributed by atoms with Gasteiger partial charge in [-0.25, -0.2) is 4.68 Å². The summed E-state index contributed by atoms with van der Waals surface area (Å²) in [5.41, 5.74) is 6.31. The maximum atomic E-state index is 12.8. The quantitative estimate of drug-likeness (QED) is 0.758. The molecular formula is C15H24ClN9O2.